The van der Waals surface area contributed by atoms with E-state index >= 15 is 0 Å². The number of nitrogens with zero attached hydrogens (tertiary/aromatic N) is 1. The third-order valence-corrected chi connectivity index (χ3v) is 9.44. The lowest BCUT2D eigenvalue weighted by Crippen LogP contribution is -2.51. The Bertz CT molecular complexity index is 1520. The van der Waals surface area contributed by atoms with Crippen molar-refractivity contribution in [1.82, 2.24) is 14.9 Å². The Labute approximate surface area is 282 Å². The van der Waals surface area contributed by atoms with E-state index in [1.54, 1.807) is 0 Å². The Hall–Kier alpha value is -3.76. The van der Waals surface area contributed by atoms with E-state index in [0.717, 1.165) is 5.56 Å². The first-order valence-corrected chi connectivity index (χ1v) is 16.5. The van der Waals surface area contributed by atoms with E-state index in [4.69, 9.17) is 42.9 Å². The number of carbonyl (C=O) groups is 5. The van der Waals surface area contributed by atoms with Gasteiger partial charge >= 0.3 is 18.0 Å². The Morgan fingerprint density at radius 1 is 0.979 bits per heavy atom. The van der Waals surface area contributed by atoms with E-state index in [0.29, 0.717) is 6.42 Å². The second-order valence-corrected chi connectivity index (χ2v) is 13.4. The van der Waals surface area contributed by atoms with Crippen molar-refractivity contribution in [3.63, 3.8) is 0 Å². The molecule has 2 amide bonds. The number of ether oxygens (including phenoxy) is 2. The summed E-state index contributed by atoms with van der Waals surface area (Å²) < 4.78 is 36.7. The van der Waals surface area contributed by atoms with Gasteiger partial charge in [0.15, 0.2) is 0 Å². The number of amides is 2. The van der Waals surface area contributed by atoms with Crippen molar-refractivity contribution in [2.24, 2.45) is 5.92 Å². The van der Waals surface area contributed by atoms with Crippen LogP contribution in [-0.4, -0.2) is 91.5 Å². The molecular formula is C30H37Cl2N3O11S. The molecule has 14 nitrogen and oxygen atoms in total. The summed E-state index contributed by atoms with van der Waals surface area (Å²) in [6, 6.07) is 9.69. The molecule has 0 radical (unpaired) electrons. The molecule has 47 heavy (non-hydrogen) atoms. The molecule has 2 aromatic rings. The molecule has 0 spiro atoms. The summed E-state index contributed by atoms with van der Waals surface area (Å²) in [6.45, 7) is 6.08. The van der Waals surface area contributed by atoms with Gasteiger partial charge in [0.1, 0.15) is 35.8 Å². The van der Waals surface area contributed by atoms with Gasteiger partial charge in [-0.15, -0.1) is 0 Å². The average Bonchev–Trinajstić information content (AvgIpc) is 3.02. The Morgan fingerprint density at radius 2 is 1.60 bits per heavy atom. The number of hydrogen-bond acceptors (Lipinski definition) is 9. The number of sulfonamides is 1. The van der Waals surface area contributed by atoms with Crippen LogP contribution in [-0.2, 0) is 45.3 Å². The highest BCUT2D eigenvalue weighted by atomic mass is 35.5. The van der Waals surface area contributed by atoms with Gasteiger partial charge in [-0.2, -0.15) is 4.31 Å². The van der Waals surface area contributed by atoms with Gasteiger partial charge in [-0.25, -0.2) is 13.2 Å². The topological polar surface area (TPSA) is 206 Å². The molecule has 1 aliphatic rings. The van der Waals surface area contributed by atoms with Crippen LogP contribution in [0.4, 0.5) is 4.79 Å². The average molecular weight is 719 g/mol. The zero-order chi connectivity index (χ0) is 35.3. The Kier molecular flexibility index (Phi) is 15.6. The van der Waals surface area contributed by atoms with Crippen molar-refractivity contribution in [3.8, 4) is 0 Å². The van der Waals surface area contributed by atoms with Crippen LogP contribution in [0.15, 0.2) is 47.4 Å². The summed E-state index contributed by atoms with van der Waals surface area (Å²) in [6.07, 6.45) is -0.193. The van der Waals surface area contributed by atoms with Crippen LogP contribution in [0.3, 0.4) is 0 Å². The largest absolute Gasteiger partial charge is 0.480 e. The lowest BCUT2D eigenvalue weighted by atomic mass is 10.0. The van der Waals surface area contributed by atoms with Gasteiger partial charge in [0.2, 0.25) is 15.9 Å². The minimum atomic E-state index is -3.95. The van der Waals surface area contributed by atoms with Crippen LogP contribution in [0.1, 0.15) is 44.2 Å². The van der Waals surface area contributed by atoms with E-state index in [1.165, 1.54) is 23.4 Å². The molecule has 1 fully saturated rings. The molecule has 3 atom stereocenters. The molecule has 0 aromatic heterocycles. The lowest BCUT2D eigenvalue weighted by Gasteiger charge is -2.27. The van der Waals surface area contributed by atoms with Gasteiger partial charge < -0.3 is 35.1 Å². The highest BCUT2D eigenvalue weighted by Gasteiger charge is 2.33. The van der Waals surface area contributed by atoms with E-state index in [2.05, 4.69) is 10.6 Å². The quantitative estimate of drug-likeness (QED) is 0.175. The van der Waals surface area contributed by atoms with E-state index in [-0.39, 0.29) is 65.6 Å². The SMILES string of the molecule is CC(C)C[C@H](NC(=O)OCc1ccccc1)C(=O)N[C@@H](C)C(=O)O.O=CC(C(=O)O)c1c(Cl)ccc(S(=O)(=O)N2CCOCC2)c1Cl. The molecule has 3 rings (SSSR count). The maximum Gasteiger partial charge on any atom is 0.408 e. The first-order chi connectivity index (χ1) is 22.1. The molecule has 1 saturated heterocycles. The predicted octanol–water partition coefficient (Wildman–Crippen LogP) is 3.30. The normalized spacial score (nSPS) is 15.3. The number of aliphatic carboxylic acids is 2. The van der Waals surface area contributed by atoms with Gasteiger partial charge in [0, 0.05) is 23.7 Å². The molecule has 0 bridgehead atoms. The molecule has 17 heteroatoms. The number of morpholine rings is 1. The zero-order valence-electron chi connectivity index (χ0n) is 25.9. The molecule has 1 aliphatic heterocycles. The van der Waals surface area contributed by atoms with Crippen molar-refractivity contribution in [3.05, 3.63) is 63.6 Å². The van der Waals surface area contributed by atoms with Gasteiger partial charge in [0.25, 0.3) is 0 Å². The van der Waals surface area contributed by atoms with Crippen LogP contribution in [0.2, 0.25) is 10.0 Å². The van der Waals surface area contributed by atoms with Crippen LogP contribution in [0, 0.1) is 5.92 Å². The monoisotopic (exact) mass is 717 g/mol. The standard InChI is InChI=1S/C17H24N2O5.C13H13Cl2NO6S/c1-11(2)9-14(15(20)18-12(3)16(21)22)19-17(23)24-10-13-7-5-4-6-8-13;14-9-1-2-10(12(15)11(9)8(7-17)13(18)19)23(20,21)16-3-5-22-6-4-16/h4-8,11-12,14H,9-10H2,1-3H3,(H,18,20)(H,19,23)(H,21,22);1-2,7-8H,3-6H2,(H,18,19)/t12-,14-;/m0./s1. The molecule has 1 unspecified atom stereocenters. The number of carbonyl (C=O) groups excluding carboxylic acids is 3. The third kappa shape index (κ3) is 11.8. The van der Waals surface area contributed by atoms with Crippen molar-refractivity contribution in [2.75, 3.05) is 26.3 Å². The van der Waals surface area contributed by atoms with Gasteiger partial charge in [0.05, 0.1) is 18.2 Å². The molecule has 2 aromatic carbocycles. The number of benzene rings is 2. The second kappa shape index (κ2) is 18.5. The number of nitrogens with one attached hydrogen (secondary N) is 2. The number of carboxylic acid groups (broad SMARTS) is 2. The number of hydrogen-bond donors (Lipinski definition) is 4. The number of halogens is 2. The molecular weight excluding hydrogens is 681 g/mol. The minimum absolute atomic E-state index is 0.0876. The molecule has 0 saturated carbocycles. The molecule has 258 valence electrons. The summed E-state index contributed by atoms with van der Waals surface area (Å²) in [7, 11) is -3.95. The summed E-state index contributed by atoms with van der Waals surface area (Å²) in [5.74, 6) is -4.66. The number of alkyl carbamates (subject to hydrolysis) is 1. The van der Waals surface area contributed by atoms with Crippen molar-refractivity contribution >= 4 is 63.5 Å². The molecule has 1 heterocycles. The van der Waals surface area contributed by atoms with Gasteiger partial charge in [-0.05, 0) is 37.0 Å². The summed E-state index contributed by atoms with van der Waals surface area (Å²) in [5, 5.41) is 22.4. The summed E-state index contributed by atoms with van der Waals surface area (Å²) >= 11 is 12.0. The molecule has 0 aliphatic carbocycles. The van der Waals surface area contributed by atoms with Gasteiger partial charge in [-0.1, -0.05) is 67.4 Å². The van der Waals surface area contributed by atoms with E-state index in [9.17, 15) is 32.4 Å². The van der Waals surface area contributed by atoms with Crippen LogP contribution < -0.4 is 10.6 Å². The highest BCUT2D eigenvalue weighted by Crippen LogP contribution is 2.37. The number of rotatable bonds is 13. The highest BCUT2D eigenvalue weighted by molar-refractivity contribution is 7.89. The van der Waals surface area contributed by atoms with Crippen LogP contribution in [0.5, 0.6) is 0 Å². The zero-order valence-corrected chi connectivity index (χ0v) is 28.2. The first-order valence-electron chi connectivity index (χ1n) is 14.3. The van der Waals surface area contributed by atoms with Crippen LogP contribution >= 0.6 is 23.2 Å². The van der Waals surface area contributed by atoms with Crippen molar-refractivity contribution in [2.45, 2.75) is 56.7 Å². The Morgan fingerprint density at radius 3 is 2.13 bits per heavy atom. The third-order valence-electron chi connectivity index (χ3n) is 6.65. The maximum absolute atomic E-state index is 12.7. The summed E-state index contributed by atoms with van der Waals surface area (Å²) in [4.78, 5) is 56.8. The first kappa shape index (κ1) is 39.4. The fourth-order valence-corrected chi connectivity index (χ4v) is 6.58. The molecule has 4 N–H and O–H groups in total. The minimum Gasteiger partial charge on any atom is -0.480 e. The number of aldehydes is 1. The second-order valence-electron chi connectivity index (χ2n) is 10.7. The number of carboxylic acids is 2. The Balaban J connectivity index is 0.000000327. The van der Waals surface area contributed by atoms with Gasteiger partial charge in [-0.3, -0.25) is 14.4 Å². The maximum atomic E-state index is 12.7. The van der Waals surface area contributed by atoms with Crippen molar-refractivity contribution < 1.29 is 52.1 Å². The fraction of sp³-hybridized carbons (Fsp3) is 0.433. The predicted molar refractivity (Wildman–Crippen MR) is 171 cm³/mol. The van der Waals surface area contributed by atoms with Crippen molar-refractivity contribution in [1.29, 1.82) is 0 Å². The van der Waals surface area contributed by atoms with Crippen LogP contribution in [0.25, 0.3) is 0 Å². The van der Waals surface area contributed by atoms with E-state index in [1.807, 2.05) is 44.2 Å². The van der Waals surface area contributed by atoms with E-state index < -0.39 is 52.0 Å². The smallest absolute Gasteiger partial charge is 0.408 e. The fourth-order valence-electron chi connectivity index (χ4n) is 4.20. The summed E-state index contributed by atoms with van der Waals surface area (Å²) in [5.41, 5.74) is 0.599. The lowest BCUT2D eigenvalue weighted by molar-refractivity contribution is -0.141.